The fourth-order valence-corrected chi connectivity index (χ4v) is 6.65. The standard InChI is InChI=1S/C34H33FN2O3/c35-28-17-10-16-27(22-28)34(19-7-8-20-34)33(39)40-23-30(38)37-32(25-13-5-2-6-14-25)29-18-9-15-26(31(29)36-37)21-24-11-3-1-4-12-24/h1-6,10-14,16-17,21-22,29,32H,7-9,15,18-20,23H2/b26-21-/t29-,32-/m0/s1. The molecule has 40 heavy (non-hydrogen) atoms. The van der Waals surface area contributed by atoms with E-state index in [-0.39, 0.29) is 23.7 Å². The Morgan fingerprint density at radius 1 is 0.950 bits per heavy atom. The van der Waals surface area contributed by atoms with E-state index in [9.17, 15) is 14.0 Å². The van der Waals surface area contributed by atoms with Crippen LogP contribution in [0.1, 0.15) is 67.7 Å². The molecular formula is C34H33FN2O3. The van der Waals surface area contributed by atoms with E-state index in [4.69, 9.17) is 9.84 Å². The minimum atomic E-state index is -0.919. The van der Waals surface area contributed by atoms with E-state index in [1.54, 1.807) is 12.1 Å². The van der Waals surface area contributed by atoms with Crippen molar-refractivity contribution in [2.75, 3.05) is 6.61 Å². The molecule has 0 aromatic heterocycles. The van der Waals surface area contributed by atoms with Crippen molar-refractivity contribution < 1.29 is 18.7 Å². The van der Waals surface area contributed by atoms with Crippen LogP contribution in [0, 0.1) is 11.7 Å². The van der Waals surface area contributed by atoms with Crippen molar-refractivity contribution in [3.63, 3.8) is 0 Å². The summed E-state index contributed by atoms with van der Waals surface area (Å²) >= 11 is 0. The molecule has 1 amide bonds. The lowest BCUT2D eigenvalue weighted by molar-refractivity contribution is -0.158. The second kappa shape index (κ2) is 11.2. The predicted molar refractivity (Wildman–Crippen MR) is 153 cm³/mol. The second-order valence-corrected chi connectivity index (χ2v) is 11.0. The molecule has 2 atom stereocenters. The van der Waals surface area contributed by atoms with Gasteiger partial charge in [0.1, 0.15) is 5.82 Å². The van der Waals surface area contributed by atoms with E-state index in [0.717, 1.165) is 54.5 Å². The van der Waals surface area contributed by atoms with Crippen LogP contribution in [0.5, 0.6) is 0 Å². The Bertz CT molecular complexity index is 1440. The fourth-order valence-electron chi connectivity index (χ4n) is 6.65. The maximum absolute atomic E-state index is 14.1. The zero-order valence-corrected chi connectivity index (χ0v) is 22.5. The third-order valence-electron chi connectivity index (χ3n) is 8.59. The molecule has 3 aromatic carbocycles. The quantitative estimate of drug-likeness (QED) is 0.319. The lowest BCUT2D eigenvalue weighted by atomic mass is 9.77. The molecule has 0 bridgehead atoms. The maximum Gasteiger partial charge on any atom is 0.317 e. The van der Waals surface area contributed by atoms with Crippen molar-refractivity contribution in [3.8, 4) is 0 Å². The van der Waals surface area contributed by atoms with Gasteiger partial charge < -0.3 is 4.74 Å². The molecule has 6 heteroatoms. The zero-order valence-electron chi connectivity index (χ0n) is 22.5. The number of hydrogen-bond acceptors (Lipinski definition) is 4. The lowest BCUT2D eigenvalue weighted by Crippen LogP contribution is -2.39. The summed E-state index contributed by atoms with van der Waals surface area (Å²) in [6.07, 6.45) is 7.88. The zero-order chi connectivity index (χ0) is 27.5. The van der Waals surface area contributed by atoms with Gasteiger partial charge in [-0.1, -0.05) is 85.6 Å². The van der Waals surface area contributed by atoms with Crippen LogP contribution in [0.15, 0.2) is 95.6 Å². The van der Waals surface area contributed by atoms with E-state index in [1.807, 2.05) is 48.5 Å². The van der Waals surface area contributed by atoms with Gasteiger partial charge in [0.05, 0.1) is 17.2 Å². The molecule has 2 saturated carbocycles. The van der Waals surface area contributed by atoms with Gasteiger partial charge in [0.25, 0.3) is 5.91 Å². The van der Waals surface area contributed by atoms with Gasteiger partial charge in [0.2, 0.25) is 0 Å². The van der Waals surface area contributed by atoms with Gasteiger partial charge in [-0.2, -0.15) is 5.10 Å². The average Bonchev–Trinajstić information content (AvgIpc) is 3.64. The number of rotatable bonds is 6. The Hall–Kier alpha value is -4.06. The van der Waals surface area contributed by atoms with Gasteiger partial charge in [-0.3, -0.25) is 9.59 Å². The van der Waals surface area contributed by atoms with E-state index in [0.29, 0.717) is 18.4 Å². The molecule has 5 nitrogen and oxygen atoms in total. The summed E-state index contributed by atoms with van der Waals surface area (Å²) in [5.74, 6) is -1.13. The molecule has 1 heterocycles. The third kappa shape index (κ3) is 4.99. The molecule has 6 rings (SSSR count). The lowest BCUT2D eigenvalue weighted by Gasteiger charge is -2.30. The summed E-state index contributed by atoms with van der Waals surface area (Å²) in [6, 6.07) is 26.1. The summed E-state index contributed by atoms with van der Waals surface area (Å²) in [5.41, 5.74) is 3.90. The summed E-state index contributed by atoms with van der Waals surface area (Å²) in [6.45, 7) is -0.402. The van der Waals surface area contributed by atoms with Crippen LogP contribution >= 0.6 is 0 Å². The van der Waals surface area contributed by atoms with Gasteiger partial charge >= 0.3 is 5.97 Å². The summed E-state index contributed by atoms with van der Waals surface area (Å²) in [7, 11) is 0. The monoisotopic (exact) mass is 536 g/mol. The van der Waals surface area contributed by atoms with Crippen LogP contribution in [0.4, 0.5) is 4.39 Å². The fraction of sp³-hybridized carbons (Fsp3) is 0.324. The minimum absolute atomic E-state index is 0.0687. The highest BCUT2D eigenvalue weighted by Crippen LogP contribution is 2.45. The number of amides is 1. The number of fused-ring (bicyclic) bond motifs is 1. The molecular weight excluding hydrogens is 503 g/mol. The number of carbonyl (C=O) groups excluding carboxylic acids is 2. The molecule has 0 radical (unpaired) electrons. The van der Waals surface area contributed by atoms with Crippen LogP contribution in [0.25, 0.3) is 6.08 Å². The van der Waals surface area contributed by atoms with Crippen molar-refractivity contribution >= 4 is 23.7 Å². The first-order valence-electron chi connectivity index (χ1n) is 14.2. The highest BCUT2D eigenvalue weighted by Gasteiger charge is 2.46. The van der Waals surface area contributed by atoms with Crippen molar-refractivity contribution in [1.82, 2.24) is 5.01 Å². The Kier molecular flexibility index (Phi) is 7.33. The number of halogens is 1. The highest BCUT2D eigenvalue weighted by molar-refractivity contribution is 6.08. The van der Waals surface area contributed by atoms with E-state index < -0.39 is 18.0 Å². The van der Waals surface area contributed by atoms with Crippen LogP contribution < -0.4 is 0 Å². The molecule has 1 aliphatic heterocycles. The number of hydrazone groups is 1. The first-order valence-corrected chi connectivity index (χ1v) is 14.2. The molecule has 204 valence electrons. The summed E-state index contributed by atoms with van der Waals surface area (Å²) < 4.78 is 19.8. The molecule has 3 aromatic rings. The smallest absolute Gasteiger partial charge is 0.317 e. The highest BCUT2D eigenvalue weighted by atomic mass is 19.1. The Morgan fingerprint density at radius 3 is 2.40 bits per heavy atom. The molecule has 0 saturated heterocycles. The van der Waals surface area contributed by atoms with Gasteiger partial charge in [-0.25, -0.2) is 9.40 Å². The van der Waals surface area contributed by atoms with E-state index in [1.165, 1.54) is 17.1 Å². The second-order valence-electron chi connectivity index (χ2n) is 11.0. The Morgan fingerprint density at radius 2 is 1.68 bits per heavy atom. The predicted octanol–water partition coefficient (Wildman–Crippen LogP) is 7.00. The number of hydrogen-bond donors (Lipinski definition) is 0. The van der Waals surface area contributed by atoms with Gasteiger partial charge in [-0.15, -0.1) is 0 Å². The number of nitrogens with zero attached hydrogens (tertiary/aromatic N) is 2. The molecule has 2 fully saturated rings. The topological polar surface area (TPSA) is 59.0 Å². The average molecular weight is 537 g/mol. The van der Waals surface area contributed by atoms with E-state index in [2.05, 4.69) is 18.2 Å². The molecule has 2 aliphatic carbocycles. The summed E-state index contributed by atoms with van der Waals surface area (Å²) in [5, 5.41) is 6.44. The Labute approximate surface area is 234 Å². The number of benzene rings is 3. The van der Waals surface area contributed by atoms with Crippen molar-refractivity contribution in [3.05, 3.63) is 113 Å². The number of carbonyl (C=O) groups is 2. The number of ether oxygens (including phenoxy) is 1. The molecule has 0 spiro atoms. The van der Waals surface area contributed by atoms with Crippen molar-refractivity contribution in [2.24, 2.45) is 11.0 Å². The largest absolute Gasteiger partial charge is 0.455 e. The first kappa shape index (κ1) is 26.2. The van der Waals surface area contributed by atoms with Gasteiger partial charge in [0.15, 0.2) is 6.61 Å². The maximum atomic E-state index is 14.1. The molecule has 0 unspecified atom stereocenters. The SMILES string of the molecule is O=C(COC(=O)C1(c2cccc(F)c2)CCCC1)N1N=C2/C(=C\c3ccccc3)CCC[C@@H]2[C@@H]1c1ccccc1. The van der Waals surface area contributed by atoms with Crippen LogP contribution in [-0.2, 0) is 19.7 Å². The molecule has 3 aliphatic rings. The normalized spacial score (nSPS) is 22.6. The third-order valence-corrected chi connectivity index (χ3v) is 8.59. The summed E-state index contributed by atoms with van der Waals surface area (Å²) in [4.78, 5) is 27.2. The Balaban J connectivity index is 1.27. The first-order chi connectivity index (χ1) is 19.5. The van der Waals surface area contributed by atoms with Gasteiger partial charge in [-0.05, 0) is 72.6 Å². The minimum Gasteiger partial charge on any atom is -0.455 e. The van der Waals surface area contributed by atoms with Crippen LogP contribution in [0.3, 0.4) is 0 Å². The van der Waals surface area contributed by atoms with Crippen molar-refractivity contribution in [2.45, 2.75) is 56.4 Å². The molecule has 0 N–H and O–H groups in total. The van der Waals surface area contributed by atoms with Crippen molar-refractivity contribution in [1.29, 1.82) is 0 Å². The number of esters is 1. The van der Waals surface area contributed by atoms with E-state index >= 15 is 0 Å². The van der Waals surface area contributed by atoms with Crippen LogP contribution in [0.2, 0.25) is 0 Å². The van der Waals surface area contributed by atoms with Gasteiger partial charge in [0, 0.05) is 5.92 Å². The van der Waals surface area contributed by atoms with Crippen LogP contribution in [-0.4, -0.2) is 29.2 Å². The number of allylic oxidation sites excluding steroid dienone is 1.